The molecule has 0 spiro atoms. The summed E-state index contributed by atoms with van der Waals surface area (Å²) in [5.41, 5.74) is 1.08. The molecule has 0 saturated carbocycles. The average molecular weight is 696 g/mol. The van der Waals surface area contributed by atoms with E-state index in [4.69, 9.17) is 21.1 Å². The Kier molecular flexibility index (Phi) is 12.4. The van der Waals surface area contributed by atoms with Crippen LogP contribution in [0, 0.1) is 11.7 Å². The molecule has 254 valence electrons. The van der Waals surface area contributed by atoms with E-state index in [-0.39, 0.29) is 40.8 Å². The molecule has 9 nitrogen and oxygen atoms in total. The fourth-order valence-corrected chi connectivity index (χ4v) is 6.58. The zero-order valence-corrected chi connectivity index (χ0v) is 28.8. The summed E-state index contributed by atoms with van der Waals surface area (Å²) in [5.74, 6) is -1.13. The van der Waals surface area contributed by atoms with Crippen molar-refractivity contribution in [3.8, 4) is 11.5 Å². The van der Waals surface area contributed by atoms with Gasteiger partial charge in [-0.15, -0.1) is 0 Å². The number of halogens is 2. The van der Waals surface area contributed by atoms with Crippen molar-refractivity contribution in [3.05, 3.63) is 119 Å². The number of hydrogen-bond acceptors (Lipinski definition) is 6. The third kappa shape index (κ3) is 9.05. The molecular formula is C36H39ClFN3O6S. The monoisotopic (exact) mass is 695 g/mol. The summed E-state index contributed by atoms with van der Waals surface area (Å²) < 4.78 is 55.3. The summed E-state index contributed by atoms with van der Waals surface area (Å²) >= 11 is 6.13. The first kappa shape index (κ1) is 36.2. The molecule has 0 aliphatic heterocycles. The Morgan fingerprint density at radius 3 is 2.15 bits per heavy atom. The molecule has 4 aromatic carbocycles. The van der Waals surface area contributed by atoms with Gasteiger partial charge < -0.3 is 19.7 Å². The van der Waals surface area contributed by atoms with E-state index in [2.05, 4.69) is 5.32 Å². The number of benzene rings is 4. The first-order valence-electron chi connectivity index (χ1n) is 15.3. The molecule has 1 atom stereocenters. The molecule has 0 aromatic heterocycles. The number of nitrogens with zero attached hydrogens (tertiary/aromatic N) is 2. The largest absolute Gasteiger partial charge is 0.493 e. The lowest BCUT2D eigenvalue weighted by Crippen LogP contribution is -2.53. The van der Waals surface area contributed by atoms with E-state index in [0.29, 0.717) is 17.3 Å². The number of rotatable bonds is 15. The molecule has 4 rings (SSSR count). The average Bonchev–Trinajstić information content (AvgIpc) is 3.08. The van der Waals surface area contributed by atoms with Gasteiger partial charge in [0.25, 0.3) is 10.0 Å². The Hall–Kier alpha value is -4.61. The number of carbonyl (C=O) groups is 2. The summed E-state index contributed by atoms with van der Waals surface area (Å²) in [6.45, 7) is 3.23. The minimum absolute atomic E-state index is 0.105. The van der Waals surface area contributed by atoms with Crippen molar-refractivity contribution in [2.45, 2.75) is 37.8 Å². The van der Waals surface area contributed by atoms with E-state index >= 15 is 4.39 Å². The third-order valence-corrected chi connectivity index (χ3v) is 9.61. The quantitative estimate of drug-likeness (QED) is 0.161. The summed E-state index contributed by atoms with van der Waals surface area (Å²) in [6, 6.07) is 24.1. The number of amides is 2. The number of anilines is 1. The summed E-state index contributed by atoms with van der Waals surface area (Å²) in [5, 5.41) is 3.27. The van der Waals surface area contributed by atoms with Crippen LogP contribution >= 0.6 is 11.6 Å². The topological polar surface area (TPSA) is 105 Å². The zero-order valence-electron chi connectivity index (χ0n) is 27.2. The molecule has 1 unspecified atom stereocenters. The van der Waals surface area contributed by atoms with Crippen LogP contribution in [-0.2, 0) is 32.6 Å². The summed E-state index contributed by atoms with van der Waals surface area (Å²) in [4.78, 5) is 29.5. The number of nitrogens with one attached hydrogen (secondary N) is 1. The Morgan fingerprint density at radius 2 is 1.52 bits per heavy atom. The predicted molar refractivity (Wildman–Crippen MR) is 184 cm³/mol. The number of hydrogen-bond donors (Lipinski definition) is 1. The van der Waals surface area contributed by atoms with E-state index < -0.39 is 40.2 Å². The molecule has 0 saturated heterocycles. The lowest BCUT2D eigenvalue weighted by atomic mass is 10.0. The van der Waals surface area contributed by atoms with Gasteiger partial charge in [-0.25, -0.2) is 12.8 Å². The van der Waals surface area contributed by atoms with Crippen LogP contribution in [0.2, 0.25) is 5.02 Å². The van der Waals surface area contributed by atoms with Crippen LogP contribution in [0.1, 0.15) is 25.0 Å². The molecule has 0 aliphatic carbocycles. The Balaban J connectivity index is 1.83. The highest BCUT2D eigenvalue weighted by Gasteiger charge is 2.35. The number of methoxy groups -OCH3 is 2. The number of carbonyl (C=O) groups excluding carboxylic acids is 2. The first-order chi connectivity index (χ1) is 22.9. The molecule has 4 aromatic rings. The summed E-state index contributed by atoms with van der Waals surface area (Å²) in [6.07, 6.45) is 0.105. The predicted octanol–water partition coefficient (Wildman–Crippen LogP) is 6.10. The second-order valence-corrected chi connectivity index (χ2v) is 13.8. The van der Waals surface area contributed by atoms with E-state index in [1.807, 2.05) is 44.2 Å². The lowest BCUT2D eigenvalue weighted by molar-refractivity contribution is -0.140. The van der Waals surface area contributed by atoms with Crippen LogP contribution in [0.5, 0.6) is 11.5 Å². The second kappa shape index (κ2) is 16.5. The van der Waals surface area contributed by atoms with Crippen LogP contribution in [0.4, 0.5) is 10.1 Å². The van der Waals surface area contributed by atoms with Gasteiger partial charge in [0.2, 0.25) is 11.8 Å². The van der Waals surface area contributed by atoms with Gasteiger partial charge in [-0.05, 0) is 53.9 Å². The first-order valence-corrected chi connectivity index (χ1v) is 17.1. The van der Waals surface area contributed by atoms with Crippen molar-refractivity contribution >= 4 is 39.1 Å². The van der Waals surface area contributed by atoms with E-state index in [9.17, 15) is 18.0 Å². The molecular weight excluding hydrogens is 657 g/mol. The van der Waals surface area contributed by atoms with Gasteiger partial charge in [0.15, 0.2) is 11.5 Å². The Bertz CT molecular complexity index is 1810. The van der Waals surface area contributed by atoms with E-state index in [1.165, 1.54) is 79.8 Å². The molecule has 12 heteroatoms. The minimum Gasteiger partial charge on any atom is -0.493 e. The Labute approximate surface area is 286 Å². The van der Waals surface area contributed by atoms with Crippen molar-refractivity contribution < 1.29 is 31.9 Å². The standard InChI is InChI=1S/C36H39ClFN3O6S/c1-25(2)22-39-36(43)32(20-26-10-6-5-7-11-26)40(23-27-12-8-9-13-31(27)38)35(42)24-41(29-16-14-28(37)15-17-29)48(44,45)30-18-19-33(46-3)34(21-30)47-4/h5-19,21,25,32H,20,22-24H2,1-4H3,(H,39,43). The molecule has 0 aliphatic rings. The van der Waals surface area contributed by atoms with Gasteiger partial charge in [-0.2, -0.15) is 0 Å². The van der Waals surface area contributed by atoms with Crippen LogP contribution in [0.25, 0.3) is 0 Å². The number of ether oxygens (including phenoxy) is 2. The second-order valence-electron chi connectivity index (χ2n) is 11.5. The number of sulfonamides is 1. The van der Waals surface area contributed by atoms with Crippen LogP contribution in [-0.4, -0.2) is 58.5 Å². The molecule has 0 bridgehead atoms. The SMILES string of the molecule is COc1ccc(S(=O)(=O)N(CC(=O)N(Cc2ccccc2F)C(Cc2ccccc2)C(=O)NCC(C)C)c2ccc(Cl)cc2)cc1OC. The van der Waals surface area contributed by atoms with Crippen molar-refractivity contribution in [1.29, 1.82) is 0 Å². The Morgan fingerprint density at radius 1 is 0.875 bits per heavy atom. The molecule has 1 N–H and O–H groups in total. The molecule has 0 heterocycles. The minimum atomic E-state index is -4.43. The maximum Gasteiger partial charge on any atom is 0.264 e. The van der Waals surface area contributed by atoms with Crippen molar-refractivity contribution in [2.24, 2.45) is 5.92 Å². The van der Waals surface area contributed by atoms with Crippen molar-refractivity contribution in [2.75, 3.05) is 31.6 Å². The molecule has 0 radical (unpaired) electrons. The highest BCUT2D eigenvalue weighted by molar-refractivity contribution is 7.92. The van der Waals surface area contributed by atoms with E-state index in [1.54, 1.807) is 6.07 Å². The fourth-order valence-electron chi connectivity index (χ4n) is 5.03. The van der Waals surface area contributed by atoms with Gasteiger partial charge in [-0.1, -0.05) is 74.0 Å². The highest BCUT2D eigenvalue weighted by atomic mass is 35.5. The lowest BCUT2D eigenvalue weighted by Gasteiger charge is -2.34. The molecule has 2 amide bonds. The van der Waals surface area contributed by atoms with Gasteiger partial charge in [-0.3, -0.25) is 13.9 Å². The summed E-state index contributed by atoms with van der Waals surface area (Å²) in [7, 11) is -1.62. The normalized spacial score (nSPS) is 11.9. The van der Waals surface area contributed by atoms with Gasteiger partial charge in [0.1, 0.15) is 18.4 Å². The van der Waals surface area contributed by atoms with Crippen LogP contribution < -0.4 is 19.1 Å². The van der Waals surface area contributed by atoms with Gasteiger partial charge >= 0.3 is 0 Å². The van der Waals surface area contributed by atoms with Crippen LogP contribution in [0.15, 0.2) is 102 Å². The van der Waals surface area contributed by atoms with Crippen molar-refractivity contribution in [3.63, 3.8) is 0 Å². The van der Waals surface area contributed by atoms with E-state index in [0.717, 1.165) is 9.87 Å². The van der Waals surface area contributed by atoms with Gasteiger partial charge in [0, 0.05) is 36.2 Å². The van der Waals surface area contributed by atoms with Gasteiger partial charge in [0.05, 0.1) is 24.8 Å². The van der Waals surface area contributed by atoms with Crippen LogP contribution in [0.3, 0.4) is 0 Å². The molecule has 48 heavy (non-hydrogen) atoms. The fraction of sp³-hybridized carbons (Fsp3) is 0.278. The smallest absolute Gasteiger partial charge is 0.264 e. The third-order valence-electron chi connectivity index (χ3n) is 7.59. The zero-order chi connectivity index (χ0) is 34.8. The maximum absolute atomic E-state index is 15.1. The maximum atomic E-state index is 15.1. The van der Waals surface area contributed by atoms with Crippen molar-refractivity contribution in [1.82, 2.24) is 10.2 Å². The molecule has 0 fully saturated rings. The highest BCUT2D eigenvalue weighted by Crippen LogP contribution is 2.33.